The lowest BCUT2D eigenvalue weighted by molar-refractivity contribution is -0.141. The number of esters is 1. The smallest absolute Gasteiger partial charge is 0.417 e. The lowest BCUT2D eigenvalue weighted by Gasteiger charge is -2.24. The van der Waals surface area contributed by atoms with E-state index >= 15 is 0 Å². The van der Waals surface area contributed by atoms with Gasteiger partial charge in [0.25, 0.3) is 0 Å². The number of amides is 1. The Morgan fingerprint density at radius 1 is 1.27 bits per heavy atom. The first-order valence-corrected chi connectivity index (χ1v) is 6.75. The molecule has 0 saturated carbocycles. The molecule has 2 rings (SSSR count). The van der Waals surface area contributed by atoms with Gasteiger partial charge in [0.2, 0.25) is 0 Å². The number of allylic oxidation sites excluding steroid dienone is 2. The second-order valence-electron chi connectivity index (χ2n) is 4.45. The van der Waals surface area contributed by atoms with Gasteiger partial charge in [-0.15, -0.1) is 0 Å². The van der Waals surface area contributed by atoms with Crippen molar-refractivity contribution in [2.45, 2.75) is 6.61 Å². The van der Waals surface area contributed by atoms with E-state index in [2.05, 4.69) is 4.74 Å². The molecule has 0 atom stereocenters. The molecule has 1 amide bonds. The van der Waals surface area contributed by atoms with Crippen molar-refractivity contribution in [2.24, 2.45) is 0 Å². The molecule has 0 bridgehead atoms. The fourth-order valence-corrected chi connectivity index (χ4v) is 1.78. The van der Waals surface area contributed by atoms with Gasteiger partial charge in [-0.25, -0.2) is 9.69 Å². The van der Waals surface area contributed by atoms with Crippen LogP contribution in [0.5, 0.6) is 0 Å². The average Bonchev–Trinajstić information content (AvgIpc) is 2.59. The topological polar surface area (TPSA) is 65.1 Å². The predicted octanol–water partition coefficient (Wildman–Crippen LogP) is 2.23. The maximum atomic E-state index is 12.2. The van der Waals surface area contributed by atoms with Crippen LogP contribution in [0.25, 0.3) is 0 Å². The summed E-state index contributed by atoms with van der Waals surface area (Å²) < 4.78 is 15.2. The standard InChI is InChI=1S/C16H17NO5/c1-20-15(18)11-17(14-9-5-6-10-21-14)16(19)22-12-13-7-3-2-4-8-13/h2-9H,10-12H2,1H3. The minimum atomic E-state index is -0.671. The number of ether oxygens (including phenoxy) is 3. The van der Waals surface area contributed by atoms with Crippen molar-refractivity contribution < 1.29 is 23.8 Å². The van der Waals surface area contributed by atoms with E-state index in [-0.39, 0.29) is 19.0 Å². The molecule has 0 spiro atoms. The zero-order chi connectivity index (χ0) is 15.8. The summed E-state index contributed by atoms with van der Waals surface area (Å²) in [7, 11) is 1.26. The summed E-state index contributed by atoms with van der Waals surface area (Å²) in [5, 5.41) is 0. The minimum Gasteiger partial charge on any atom is -0.474 e. The summed E-state index contributed by atoms with van der Waals surface area (Å²) in [5.74, 6) is -0.304. The van der Waals surface area contributed by atoms with Gasteiger partial charge in [-0.2, -0.15) is 0 Å². The third-order valence-corrected chi connectivity index (χ3v) is 2.91. The molecular weight excluding hydrogens is 286 g/mol. The van der Waals surface area contributed by atoms with Crippen LogP contribution in [0.4, 0.5) is 4.79 Å². The quantitative estimate of drug-likeness (QED) is 0.780. The zero-order valence-electron chi connectivity index (χ0n) is 12.2. The molecule has 0 aromatic heterocycles. The number of carbonyl (C=O) groups excluding carboxylic acids is 2. The van der Waals surface area contributed by atoms with Crippen molar-refractivity contribution in [3.8, 4) is 0 Å². The van der Waals surface area contributed by atoms with E-state index in [1.807, 2.05) is 30.3 Å². The molecule has 1 aliphatic rings. The number of rotatable bonds is 5. The minimum absolute atomic E-state index is 0.112. The van der Waals surface area contributed by atoms with Gasteiger partial charge in [-0.3, -0.25) is 4.79 Å². The van der Waals surface area contributed by atoms with Crippen LogP contribution in [-0.4, -0.2) is 37.2 Å². The van der Waals surface area contributed by atoms with Gasteiger partial charge in [0, 0.05) is 0 Å². The number of methoxy groups -OCH3 is 1. The van der Waals surface area contributed by atoms with Crippen LogP contribution in [-0.2, 0) is 25.6 Å². The third-order valence-electron chi connectivity index (χ3n) is 2.91. The molecular formula is C16H17NO5. The van der Waals surface area contributed by atoms with Crippen LogP contribution in [0.3, 0.4) is 0 Å². The Kier molecular flexibility index (Phi) is 5.59. The molecule has 0 saturated heterocycles. The van der Waals surface area contributed by atoms with Crippen molar-refractivity contribution in [2.75, 3.05) is 20.3 Å². The molecule has 0 radical (unpaired) electrons. The first-order chi connectivity index (χ1) is 10.7. The van der Waals surface area contributed by atoms with Crippen molar-refractivity contribution in [3.05, 3.63) is 60.0 Å². The Bertz CT molecular complexity index is 579. The highest BCUT2D eigenvalue weighted by Crippen LogP contribution is 2.13. The number of nitrogens with zero attached hydrogens (tertiary/aromatic N) is 1. The van der Waals surface area contributed by atoms with E-state index in [0.717, 1.165) is 10.5 Å². The molecule has 1 aromatic rings. The monoisotopic (exact) mass is 303 g/mol. The van der Waals surface area contributed by atoms with Gasteiger partial charge < -0.3 is 14.2 Å². The van der Waals surface area contributed by atoms with Crippen molar-refractivity contribution in [1.82, 2.24) is 4.90 Å². The molecule has 22 heavy (non-hydrogen) atoms. The van der Waals surface area contributed by atoms with E-state index in [4.69, 9.17) is 9.47 Å². The molecule has 116 valence electrons. The highest BCUT2D eigenvalue weighted by Gasteiger charge is 2.24. The Labute approximate surface area is 128 Å². The fourth-order valence-electron chi connectivity index (χ4n) is 1.78. The van der Waals surface area contributed by atoms with Crippen LogP contribution < -0.4 is 0 Å². The number of hydrogen-bond donors (Lipinski definition) is 0. The first kappa shape index (κ1) is 15.6. The molecule has 0 fully saturated rings. The summed E-state index contributed by atoms with van der Waals surface area (Å²) in [6, 6.07) is 9.27. The number of hydrogen-bond acceptors (Lipinski definition) is 5. The van der Waals surface area contributed by atoms with Gasteiger partial charge in [0.15, 0.2) is 5.88 Å². The Hall–Kier alpha value is -2.76. The molecule has 1 aliphatic heterocycles. The first-order valence-electron chi connectivity index (χ1n) is 6.75. The second kappa shape index (κ2) is 7.87. The molecule has 6 heteroatoms. The zero-order valence-corrected chi connectivity index (χ0v) is 12.2. The van der Waals surface area contributed by atoms with E-state index in [1.165, 1.54) is 7.11 Å². The molecule has 1 aromatic carbocycles. The molecule has 1 heterocycles. The Morgan fingerprint density at radius 2 is 2.05 bits per heavy atom. The number of benzene rings is 1. The van der Waals surface area contributed by atoms with Crippen molar-refractivity contribution in [1.29, 1.82) is 0 Å². The van der Waals surface area contributed by atoms with Crippen molar-refractivity contribution in [3.63, 3.8) is 0 Å². The molecule has 0 aliphatic carbocycles. The van der Waals surface area contributed by atoms with E-state index in [1.54, 1.807) is 18.2 Å². The maximum Gasteiger partial charge on any atom is 0.417 e. The van der Waals surface area contributed by atoms with Crippen LogP contribution in [0.1, 0.15) is 5.56 Å². The SMILES string of the molecule is COC(=O)CN(C(=O)OCc1ccccc1)C1=CC=CCO1. The summed E-state index contributed by atoms with van der Waals surface area (Å²) in [4.78, 5) is 24.8. The van der Waals surface area contributed by atoms with E-state index in [9.17, 15) is 9.59 Å². The second-order valence-corrected chi connectivity index (χ2v) is 4.45. The van der Waals surface area contributed by atoms with Gasteiger partial charge in [0.05, 0.1) is 7.11 Å². The molecule has 0 unspecified atom stereocenters. The lowest BCUT2D eigenvalue weighted by Crippen LogP contribution is -2.37. The summed E-state index contributed by atoms with van der Waals surface area (Å²) in [5.41, 5.74) is 0.854. The van der Waals surface area contributed by atoms with E-state index < -0.39 is 12.1 Å². The summed E-state index contributed by atoms with van der Waals surface area (Å²) >= 11 is 0. The lowest BCUT2D eigenvalue weighted by atomic mass is 10.2. The maximum absolute atomic E-state index is 12.2. The van der Waals surface area contributed by atoms with Crippen LogP contribution in [0.15, 0.2) is 54.4 Å². The van der Waals surface area contributed by atoms with Crippen LogP contribution >= 0.6 is 0 Å². The summed E-state index contributed by atoms with van der Waals surface area (Å²) in [6.07, 6.45) is 4.45. The highest BCUT2D eigenvalue weighted by molar-refractivity contribution is 5.79. The molecule has 6 nitrogen and oxygen atoms in total. The van der Waals surface area contributed by atoms with Gasteiger partial charge in [-0.1, -0.05) is 36.4 Å². The Morgan fingerprint density at radius 3 is 2.68 bits per heavy atom. The van der Waals surface area contributed by atoms with Crippen LogP contribution in [0, 0.1) is 0 Å². The highest BCUT2D eigenvalue weighted by atomic mass is 16.6. The van der Waals surface area contributed by atoms with Gasteiger partial charge in [0.1, 0.15) is 19.8 Å². The molecule has 0 N–H and O–H groups in total. The third kappa shape index (κ3) is 4.37. The van der Waals surface area contributed by atoms with Gasteiger partial charge in [-0.05, 0) is 17.7 Å². The summed E-state index contributed by atoms with van der Waals surface area (Å²) in [6.45, 7) is 0.166. The Balaban J connectivity index is 2.03. The van der Waals surface area contributed by atoms with Gasteiger partial charge >= 0.3 is 12.1 Å². The predicted molar refractivity (Wildman–Crippen MR) is 78.5 cm³/mol. The van der Waals surface area contributed by atoms with Crippen molar-refractivity contribution >= 4 is 12.1 Å². The fraction of sp³-hybridized carbons (Fsp3) is 0.250. The van der Waals surface area contributed by atoms with E-state index in [0.29, 0.717) is 6.61 Å². The average molecular weight is 303 g/mol. The number of carbonyl (C=O) groups is 2. The van der Waals surface area contributed by atoms with Crippen LogP contribution in [0.2, 0.25) is 0 Å². The largest absolute Gasteiger partial charge is 0.474 e. The normalized spacial score (nSPS) is 12.9.